The van der Waals surface area contributed by atoms with Gasteiger partial charge in [-0.15, -0.1) is 6.58 Å². The van der Waals surface area contributed by atoms with Crippen molar-refractivity contribution in [3.05, 3.63) is 24.8 Å². The molecule has 0 aliphatic heterocycles. The molecule has 0 aromatic carbocycles. The van der Waals surface area contributed by atoms with Gasteiger partial charge in [-0.3, -0.25) is 0 Å². The van der Waals surface area contributed by atoms with Crippen molar-refractivity contribution < 1.29 is 5.11 Å². The molecule has 1 N–H and O–H groups in total. The Morgan fingerprint density at radius 3 is 2.47 bits per heavy atom. The first-order valence-corrected chi connectivity index (χ1v) is 6.23. The van der Waals surface area contributed by atoms with Gasteiger partial charge < -0.3 is 5.11 Å². The topological polar surface area (TPSA) is 20.2 Å². The summed E-state index contributed by atoms with van der Waals surface area (Å²) in [6.07, 6.45) is 14.6. The van der Waals surface area contributed by atoms with Gasteiger partial charge in [-0.25, -0.2) is 0 Å². The fourth-order valence-electron chi connectivity index (χ4n) is 1.67. The van der Waals surface area contributed by atoms with Gasteiger partial charge in [-0.1, -0.05) is 31.6 Å². The summed E-state index contributed by atoms with van der Waals surface area (Å²) in [5.74, 6) is 0.692. The number of rotatable bonds is 10. The zero-order valence-corrected chi connectivity index (χ0v) is 10.1. The molecule has 0 aliphatic rings. The van der Waals surface area contributed by atoms with E-state index in [4.69, 9.17) is 5.11 Å². The summed E-state index contributed by atoms with van der Waals surface area (Å²) >= 11 is 0. The van der Waals surface area contributed by atoms with Crippen LogP contribution in [0.15, 0.2) is 24.8 Å². The summed E-state index contributed by atoms with van der Waals surface area (Å²) in [5, 5.41) is 8.60. The Labute approximate surface area is 94.9 Å². The van der Waals surface area contributed by atoms with Crippen LogP contribution in [0.3, 0.4) is 0 Å². The minimum absolute atomic E-state index is 0.322. The molecule has 0 amide bonds. The highest BCUT2D eigenvalue weighted by molar-refractivity contribution is 4.85. The predicted octanol–water partition coefficient (Wildman–Crippen LogP) is 4.09. The van der Waals surface area contributed by atoms with Gasteiger partial charge in [0.05, 0.1) is 0 Å². The molecule has 0 saturated carbocycles. The van der Waals surface area contributed by atoms with Gasteiger partial charge in [-0.2, -0.15) is 0 Å². The summed E-state index contributed by atoms with van der Waals surface area (Å²) < 4.78 is 0. The second-order valence-electron chi connectivity index (χ2n) is 4.05. The van der Waals surface area contributed by atoms with Crippen molar-refractivity contribution in [1.82, 2.24) is 0 Å². The Morgan fingerprint density at radius 1 is 1.13 bits per heavy atom. The quantitative estimate of drug-likeness (QED) is 0.425. The van der Waals surface area contributed by atoms with E-state index in [1.165, 1.54) is 19.3 Å². The van der Waals surface area contributed by atoms with E-state index in [1.807, 2.05) is 0 Å². The predicted molar refractivity (Wildman–Crippen MR) is 67.9 cm³/mol. The highest BCUT2D eigenvalue weighted by Crippen LogP contribution is 2.14. The minimum Gasteiger partial charge on any atom is -0.396 e. The van der Waals surface area contributed by atoms with Crippen LogP contribution >= 0.6 is 0 Å². The molecule has 0 aliphatic carbocycles. The summed E-state index contributed by atoms with van der Waals surface area (Å²) in [7, 11) is 0. The molecule has 88 valence electrons. The number of aliphatic hydroxyl groups excluding tert-OH is 1. The van der Waals surface area contributed by atoms with E-state index < -0.39 is 0 Å². The molecule has 0 aromatic rings. The molecule has 0 spiro atoms. The van der Waals surface area contributed by atoms with Gasteiger partial charge in [0.2, 0.25) is 0 Å². The van der Waals surface area contributed by atoms with Crippen LogP contribution in [-0.4, -0.2) is 11.7 Å². The molecule has 0 aromatic heterocycles. The molecule has 1 atom stereocenters. The molecule has 0 heterocycles. The van der Waals surface area contributed by atoms with Crippen LogP contribution in [0.5, 0.6) is 0 Å². The lowest BCUT2D eigenvalue weighted by Crippen LogP contribution is -1.93. The van der Waals surface area contributed by atoms with Gasteiger partial charge >= 0.3 is 0 Å². The molecule has 0 saturated heterocycles. The van der Waals surface area contributed by atoms with Crippen molar-refractivity contribution in [2.45, 2.75) is 51.9 Å². The van der Waals surface area contributed by atoms with E-state index in [0.29, 0.717) is 12.5 Å². The van der Waals surface area contributed by atoms with Crippen molar-refractivity contribution in [3.63, 3.8) is 0 Å². The second kappa shape index (κ2) is 11.5. The van der Waals surface area contributed by atoms with Crippen LogP contribution in [0.25, 0.3) is 0 Å². The van der Waals surface area contributed by atoms with E-state index in [0.717, 1.165) is 25.7 Å². The lowest BCUT2D eigenvalue weighted by molar-refractivity contribution is 0.285. The molecule has 0 rings (SSSR count). The number of allylic oxidation sites excluding steroid dienone is 3. The molecular formula is C14H26O. The Bertz CT molecular complexity index is 161. The molecule has 0 radical (unpaired) electrons. The number of hydrogen-bond donors (Lipinski definition) is 1. The van der Waals surface area contributed by atoms with Crippen molar-refractivity contribution >= 4 is 0 Å². The van der Waals surface area contributed by atoms with Crippen LogP contribution in [-0.2, 0) is 0 Å². The maximum Gasteiger partial charge on any atom is 0.0431 e. The SMILES string of the molecule is C=CC(CCC)CC/C=C/CCCCO. The van der Waals surface area contributed by atoms with E-state index in [9.17, 15) is 0 Å². The van der Waals surface area contributed by atoms with Crippen LogP contribution in [0.1, 0.15) is 51.9 Å². The molecule has 0 fully saturated rings. The number of aliphatic hydroxyl groups is 1. The average Bonchev–Trinajstić information content (AvgIpc) is 2.26. The number of unbranched alkanes of at least 4 members (excludes halogenated alkanes) is 2. The van der Waals surface area contributed by atoms with Crippen molar-refractivity contribution in [3.8, 4) is 0 Å². The standard InChI is InChI=1S/C14H26O/c1-3-11-14(4-2)12-9-7-5-6-8-10-13-15/h4-5,7,14-15H,2-3,6,8-13H2,1H3/b7-5+. The average molecular weight is 210 g/mol. The Balaban J connectivity index is 3.37. The number of hydrogen-bond acceptors (Lipinski definition) is 1. The van der Waals surface area contributed by atoms with Gasteiger partial charge in [0.15, 0.2) is 0 Å². The normalized spacial score (nSPS) is 13.2. The van der Waals surface area contributed by atoms with Gasteiger partial charge in [-0.05, 0) is 44.4 Å². The fraction of sp³-hybridized carbons (Fsp3) is 0.714. The monoisotopic (exact) mass is 210 g/mol. The Kier molecular flexibility index (Phi) is 11.1. The molecule has 1 unspecified atom stereocenters. The maximum absolute atomic E-state index is 8.60. The van der Waals surface area contributed by atoms with E-state index >= 15 is 0 Å². The summed E-state index contributed by atoms with van der Waals surface area (Å²) in [6, 6.07) is 0. The first-order chi connectivity index (χ1) is 7.35. The maximum atomic E-state index is 8.60. The van der Waals surface area contributed by atoms with Gasteiger partial charge in [0.25, 0.3) is 0 Å². The third-order valence-electron chi connectivity index (χ3n) is 2.64. The highest BCUT2D eigenvalue weighted by Gasteiger charge is 1.99. The first-order valence-electron chi connectivity index (χ1n) is 6.23. The van der Waals surface area contributed by atoms with E-state index in [-0.39, 0.29) is 0 Å². The smallest absolute Gasteiger partial charge is 0.0431 e. The fourth-order valence-corrected chi connectivity index (χ4v) is 1.67. The van der Waals surface area contributed by atoms with Crippen LogP contribution in [0, 0.1) is 5.92 Å². The molecular weight excluding hydrogens is 184 g/mol. The molecule has 1 heteroatoms. The molecule has 0 bridgehead atoms. The Hall–Kier alpha value is -0.560. The van der Waals surface area contributed by atoms with E-state index in [1.54, 1.807) is 0 Å². The lowest BCUT2D eigenvalue weighted by Gasteiger charge is -2.08. The van der Waals surface area contributed by atoms with Crippen molar-refractivity contribution in [1.29, 1.82) is 0 Å². The summed E-state index contributed by atoms with van der Waals surface area (Å²) in [6.45, 7) is 6.41. The second-order valence-corrected chi connectivity index (χ2v) is 4.05. The molecule has 1 nitrogen and oxygen atoms in total. The first kappa shape index (κ1) is 14.4. The van der Waals surface area contributed by atoms with Crippen LogP contribution < -0.4 is 0 Å². The minimum atomic E-state index is 0.322. The lowest BCUT2D eigenvalue weighted by atomic mass is 9.98. The van der Waals surface area contributed by atoms with Crippen LogP contribution in [0.2, 0.25) is 0 Å². The summed E-state index contributed by atoms with van der Waals surface area (Å²) in [4.78, 5) is 0. The highest BCUT2D eigenvalue weighted by atomic mass is 16.2. The summed E-state index contributed by atoms with van der Waals surface area (Å²) in [5.41, 5.74) is 0. The largest absolute Gasteiger partial charge is 0.396 e. The Morgan fingerprint density at radius 2 is 1.87 bits per heavy atom. The van der Waals surface area contributed by atoms with Crippen molar-refractivity contribution in [2.75, 3.05) is 6.61 Å². The van der Waals surface area contributed by atoms with Gasteiger partial charge in [0.1, 0.15) is 0 Å². The zero-order valence-electron chi connectivity index (χ0n) is 10.1. The third-order valence-corrected chi connectivity index (χ3v) is 2.64. The third kappa shape index (κ3) is 9.74. The van der Waals surface area contributed by atoms with Crippen LogP contribution in [0.4, 0.5) is 0 Å². The van der Waals surface area contributed by atoms with Crippen molar-refractivity contribution in [2.24, 2.45) is 5.92 Å². The van der Waals surface area contributed by atoms with Gasteiger partial charge in [0, 0.05) is 6.61 Å². The van der Waals surface area contributed by atoms with E-state index in [2.05, 4.69) is 31.7 Å². The molecule has 15 heavy (non-hydrogen) atoms. The zero-order chi connectivity index (χ0) is 11.4.